The van der Waals surface area contributed by atoms with Gasteiger partial charge < -0.3 is 0 Å². The zero-order valence-corrected chi connectivity index (χ0v) is 12.2. The molecule has 19 heavy (non-hydrogen) atoms. The van der Waals surface area contributed by atoms with Gasteiger partial charge in [0.2, 0.25) is 0 Å². The quantitative estimate of drug-likeness (QED) is 0.710. The molecule has 3 aliphatic carbocycles. The van der Waals surface area contributed by atoms with E-state index in [1.165, 1.54) is 6.42 Å². The molecule has 0 N–H and O–H groups in total. The molecule has 1 saturated carbocycles. The average molecular weight is 254 g/mol. The number of fused-ring (bicyclic) bond motifs is 1. The minimum atomic E-state index is -0.00876. The smallest absolute Gasteiger partial charge is 0.189 e. The number of hydrogen-bond donors (Lipinski definition) is 0. The Labute approximate surface area is 115 Å². The fraction of sp³-hybridized carbons (Fsp3) is 0.500. The molecule has 2 unspecified atom stereocenters. The first-order valence-electron chi connectivity index (χ1n) is 7.17. The van der Waals surface area contributed by atoms with Crippen LogP contribution in [0.15, 0.2) is 42.0 Å². The van der Waals surface area contributed by atoms with Crippen LogP contribution in [0.2, 0.25) is 0 Å². The van der Waals surface area contributed by atoms with Crippen molar-refractivity contribution in [3.63, 3.8) is 0 Å². The molecule has 1 fully saturated rings. The first-order valence-corrected chi connectivity index (χ1v) is 7.17. The van der Waals surface area contributed by atoms with Gasteiger partial charge in [-0.1, -0.05) is 64.1 Å². The zero-order chi connectivity index (χ0) is 13.8. The second-order valence-electron chi connectivity index (χ2n) is 7.21. The van der Waals surface area contributed by atoms with E-state index in [1.807, 2.05) is 30.3 Å². The maximum Gasteiger partial charge on any atom is 0.189 e. The van der Waals surface area contributed by atoms with Gasteiger partial charge in [0.25, 0.3) is 0 Å². The van der Waals surface area contributed by atoms with E-state index in [1.54, 1.807) is 0 Å². The van der Waals surface area contributed by atoms with E-state index in [0.717, 1.165) is 11.1 Å². The Morgan fingerprint density at radius 1 is 1.11 bits per heavy atom. The summed E-state index contributed by atoms with van der Waals surface area (Å²) in [6.45, 7) is 9.16. The van der Waals surface area contributed by atoms with Gasteiger partial charge in [-0.05, 0) is 29.1 Å². The summed E-state index contributed by atoms with van der Waals surface area (Å²) in [7, 11) is 0. The molecule has 1 aromatic rings. The predicted molar refractivity (Wildman–Crippen MR) is 78.0 cm³/mol. The summed E-state index contributed by atoms with van der Waals surface area (Å²) >= 11 is 0. The van der Waals surface area contributed by atoms with Gasteiger partial charge in [-0.2, -0.15) is 0 Å². The topological polar surface area (TPSA) is 17.1 Å². The maximum absolute atomic E-state index is 12.7. The highest BCUT2D eigenvalue weighted by atomic mass is 16.1. The van der Waals surface area contributed by atoms with Gasteiger partial charge in [-0.3, -0.25) is 4.79 Å². The summed E-state index contributed by atoms with van der Waals surface area (Å²) < 4.78 is 0. The Balaban J connectivity index is 2.01. The van der Waals surface area contributed by atoms with Crippen LogP contribution in [0.3, 0.4) is 0 Å². The first-order chi connectivity index (χ1) is 8.85. The molecule has 0 aromatic heterocycles. The van der Waals surface area contributed by atoms with Crippen molar-refractivity contribution in [2.75, 3.05) is 0 Å². The van der Waals surface area contributed by atoms with Crippen LogP contribution in [0.1, 0.15) is 44.5 Å². The van der Waals surface area contributed by atoms with Crippen LogP contribution >= 0.6 is 0 Å². The Kier molecular flexibility index (Phi) is 2.54. The van der Waals surface area contributed by atoms with Crippen LogP contribution < -0.4 is 0 Å². The highest BCUT2D eigenvalue weighted by molar-refractivity contribution is 6.09. The lowest BCUT2D eigenvalue weighted by atomic mass is 9.42. The number of carbonyl (C=O) groups is 1. The van der Waals surface area contributed by atoms with E-state index in [9.17, 15) is 4.79 Å². The number of carbonyl (C=O) groups excluding carboxylic acids is 1. The van der Waals surface area contributed by atoms with Crippen LogP contribution in [-0.2, 0) is 0 Å². The first kappa shape index (κ1) is 12.7. The Morgan fingerprint density at radius 3 is 2.26 bits per heavy atom. The molecule has 4 rings (SSSR count). The molecule has 2 bridgehead atoms. The van der Waals surface area contributed by atoms with Crippen molar-refractivity contribution >= 4 is 5.78 Å². The van der Waals surface area contributed by atoms with Crippen LogP contribution in [0.4, 0.5) is 0 Å². The van der Waals surface area contributed by atoms with Crippen molar-refractivity contribution in [1.29, 1.82) is 0 Å². The van der Waals surface area contributed by atoms with Gasteiger partial charge in [0.05, 0.1) is 0 Å². The van der Waals surface area contributed by atoms with Crippen molar-refractivity contribution < 1.29 is 4.79 Å². The minimum absolute atomic E-state index is 0.00876. The lowest BCUT2D eigenvalue weighted by Crippen LogP contribution is -2.56. The number of rotatable bonds is 2. The summed E-state index contributed by atoms with van der Waals surface area (Å²) in [6, 6.07) is 9.68. The molecule has 0 aliphatic heterocycles. The van der Waals surface area contributed by atoms with Gasteiger partial charge in [-0.15, -0.1) is 0 Å². The van der Waals surface area contributed by atoms with Gasteiger partial charge >= 0.3 is 0 Å². The normalized spacial score (nSPS) is 30.2. The third-order valence-electron chi connectivity index (χ3n) is 5.56. The molecule has 1 heteroatoms. The van der Waals surface area contributed by atoms with Crippen LogP contribution in [0, 0.1) is 22.7 Å². The molecular weight excluding hydrogens is 232 g/mol. The van der Waals surface area contributed by atoms with E-state index in [2.05, 4.69) is 33.8 Å². The molecule has 1 aromatic carbocycles. The number of Topliss-reactive ketones (excluding diaryl/α,β-unsaturated/α-hetero) is 1. The van der Waals surface area contributed by atoms with Crippen molar-refractivity contribution in [2.24, 2.45) is 22.7 Å². The van der Waals surface area contributed by atoms with Crippen LogP contribution in [0.25, 0.3) is 0 Å². The van der Waals surface area contributed by atoms with Crippen LogP contribution in [0.5, 0.6) is 0 Å². The van der Waals surface area contributed by atoms with E-state index < -0.39 is 0 Å². The zero-order valence-electron chi connectivity index (χ0n) is 12.2. The summed E-state index contributed by atoms with van der Waals surface area (Å²) in [6.07, 6.45) is 3.50. The van der Waals surface area contributed by atoms with Crippen molar-refractivity contribution in [3.05, 3.63) is 47.5 Å². The van der Waals surface area contributed by atoms with Crippen molar-refractivity contribution in [3.8, 4) is 0 Å². The van der Waals surface area contributed by atoms with E-state index in [0.29, 0.717) is 17.3 Å². The van der Waals surface area contributed by atoms with Gasteiger partial charge in [-0.25, -0.2) is 0 Å². The minimum Gasteiger partial charge on any atom is -0.289 e. The standard InChI is InChI=1S/C18H22O/c1-17(2)13-10-14(18(3,4)15(17)11-13)16(19)12-8-6-5-7-9-12/h5-10,13,15H,11H2,1-4H3. The van der Waals surface area contributed by atoms with E-state index in [-0.39, 0.29) is 11.2 Å². The number of allylic oxidation sites excluding steroid dienone is 2. The van der Waals surface area contributed by atoms with Gasteiger partial charge in [0.1, 0.15) is 0 Å². The molecule has 3 aliphatic rings. The Bertz CT molecular complexity index is 548. The average Bonchev–Trinajstić information content (AvgIpc) is 2.37. The third kappa shape index (κ3) is 1.64. The van der Waals surface area contributed by atoms with Crippen molar-refractivity contribution in [2.45, 2.75) is 34.1 Å². The monoisotopic (exact) mass is 254 g/mol. The molecule has 1 nitrogen and oxygen atoms in total. The molecule has 100 valence electrons. The van der Waals surface area contributed by atoms with Crippen LogP contribution in [-0.4, -0.2) is 5.78 Å². The largest absolute Gasteiger partial charge is 0.289 e. The second kappa shape index (κ2) is 3.82. The second-order valence-corrected chi connectivity index (χ2v) is 7.21. The summed E-state index contributed by atoms with van der Waals surface area (Å²) in [5, 5.41) is 0. The number of ketones is 1. The highest BCUT2D eigenvalue weighted by Crippen LogP contribution is 2.65. The SMILES string of the molecule is CC1(C)C(C(=O)c2ccccc2)=CC2CC1C2(C)C. The van der Waals surface area contributed by atoms with Gasteiger partial charge in [0.15, 0.2) is 5.78 Å². The Hall–Kier alpha value is -1.37. The lowest BCUT2D eigenvalue weighted by molar-refractivity contribution is -0.0693. The molecule has 0 saturated heterocycles. The lowest BCUT2D eigenvalue weighted by Gasteiger charge is -2.62. The summed E-state index contributed by atoms with van der Waals surface area (Å²) in [4.78, 5) is 12.7. The molecule has 0 amide bonds. The molecular formula is C18H22O. The van der Waals surface area contributed by atoms with E-state index in [4.69, 9.17) is 0 Å². The summed E-state index contributed by atoms with van der Waals surface area (Å²) in [5.74, 6) is 1.42. The van der Waals surface area contributed by atoms with E-state index >= 15 is 0 Å². The molecule has 0 radical (unpaired) electrons. The predicted octanol–water partition coefficient (Wildman–Crippen LogP) is 4.50. The summed E-state index contributed by atoms with van der Waals surface area (Å²) in [5.41, 5.74) is 2.19. The van der Waals surface area contributed by atoms with Crippen molar-refractivity contribution in [1.82, 2.24) is 0 Å². The fourth-order valence-corrected chi connectivity index (χ4v) is 4.18. The number of hydrogen-bond acceptors (Lipinski definition) is 1. The maximum atomic E-state index is 12.7. The molecule has 2 atom stereocenters. The fourth-order valence-electron chi connectivity index (χ4n) is 4.18. The van der Waals surface area contributed by atoms with Gasteiger partial charge in [0, 0.05) is 11.1 Å². The molecule has 0 spiro atoms. The highest BCUT2D eigenvalue weighted by Gasteiger charge is 2.58. The number of benzene rings is 1. The molecule has 0 heterocycles. The third-order valence-corrected chi connectivity index (χ3v) is 5.56. The Morgan fingerprint density at radius 2 is 1.74 bits per heavy atom.